The number of ether oxygens (including phenoxy) is 1. The molecule has 2 aromatic heterocycles. The number of fused-ring (bicyclic) bond motifs is 1. The molecule has 0 bridgehead atoms. The molecule has 3 aromatic rings. The molecule has 5 rings (SSSR count). The number of anilines is 1. The number of hydrogen-bond acceptors (Lipinski definition) is 7. The van der Waals surface area contributed by atoms with Crippen LogP contribution in [0, 0.1) is 0 Å². The molecule has 0 aliphatic carbocycles. The number of thiazole rings is 1. The molecule has 2 aliphatic rings. The third kappa shape index (κ3) is 4.46. The summed E-state index contributed by atoms with van der Waals surface area (Å²) in [6.07, 6.45) is 3.89. The predicted molar refractivity (Wildman–Crippen MR) is 132 cm³/mol. The number of carbonyl (C=O) groups is 1. The van der Waals surface area contributed by atoms with E-state index in [1.54, 1.807) is 22.4 Å². The zero-order valence-corrected chi connectivity index (χ0v) is 20.9. The van der Waals surface area contributed by atoms with Crippen LogP contribution >= 0.6 is 22.7 Å². The van der Waals surface area contributed by atoms with E-state index in [0.29, 0.717) is 37.7 Å². The number of hydrogen-bond donors (Lipinski definition) is 0. The van der Waals surface area contributed by atoms with Crippen LogP contribution in [0.4, 0.5) is 5.13 Å². The van der Waals surface area contributed by atoms with E-state index in [4.69, 9.17) is 9.72 Å². The maximum atomic E-state index is 13.9. The van der Waals surface area contributed by atoms with Crippen molar-refractivity contribution in [3.05, 3.63) is 41.3 Å². The van der Waals surface area contributed by atoms with Gasteiger partial charge in [-0.05, 0) is 61.2 Å². The van der Waals surface area contributed by atoms with Crippen molar-refractivity contribution in [3.8, 4) is 0 Å². The highest BCUT2D eigenvalue weighted by Crippen LogP contribution is 2.34. The van der Waals surface area contributed by atoms with E-state index in [-0.39, 0.29) is 16.2 Å². The number of thiophene rings is 1. The Morgan fingerprint density at radius 3 is 2.88 bits per heavy atom. The second-order valence-electron chi connectivity index (χ2n) is 8.44. The largest absolute Gasteiger partial charge is 0.376 e. The van der Waals surface area contributed by atoms with Gasteiger partial charge in [0, 0.05) is 13.2 Å². The lowest BCUT2D eigenvalue weighted by atomic mass is 10.1. The fraction of sp³-hybridized carbons (Fsp3) is 0.478. The summed E-state index contributed by atoms with van der Waals surface area (Å²) in [5.41, 5.74) is 2.07. The van der Waals surface area contributed by atoms with E-state index in [1.165, 1.54) is 32.5 Å². The number of rotatable bonds is 7. The molecule has 2 unspecified atom stereocenters. The van der Waals surface area contributed by atoms with Crippen LogP contribution in [0.15, 0.2) is 39.9 Å². The van der Waals surface area contributed by atoms with Crippen LogP contribution in [0.3, 0.4) is 0 Å². The molecule has 0 spiro atoms. The van der Waals surface area contributed by atoms with E-state index in [0.717, 1.165) is 29.5 Å². The summed E-state index contributed by atoms with van der Waals surface area (Å²) in [7, 11) is -3.71. The number of amides is 1. The van der Waals surface area contributed by atoms with E-state index in [9.17, 15) is 13.2 Å². The highest BCUT2D eigenvalue weighted by molar-refractivity contribution is 7.91. The first-order chi connectivity index (χ1) is 16.0. The van der Waals surface area contributed by atoms with Gasteiger partial charge >= 0.3 is 0 Å². The molecule has 1 amide bonds. The van der Waals surface area contributed by atoms with Crippen molar-refractivity contribution in [2.45, 2.75) is 55.4 Å². The molecule has 0 radical (unpaired) electrons. The van der Waals surface area contributed by atoms with Gasteiger partial charge in [0.2, 0.25) is 5.91 Å². The van der Waals surface area contributed by atoms with Crippen LogP contribution in [-0.4, -0.2) is 55.5 Å². The zero-order chi connectivity index (χ0) is 23.0. The van der Waals surface area contributed by atoms with Gasteiger partial charge in [0.15, 0.2) is 5.13 Å². The van der Waals surface area contributed by atoms with Gasteiger partial charge in [-0.15, -0.1) is 11.3 Å². The second kappa shape index (κ2) is 9.42. The van der Waals surface area contributed by atoms with Crippen LogP contribution in [0.5, 0.6) is 0 Å². The average molecular weight is 506 g/mol. The van der Waals surface area contributed by atoms with Gasteiger partial charge < -0.3 is 4.74 Å². The predicted octanol–water partition coefficient (Wildman–Crippen LogP) is 4.29. The quantitative estimate of drug-likeness (QED) is 0.479. The molecule has 2 fully saturated rings. The minimum atomic E-state index is -3.71. The number of benzene rings is 1. The lowest BCUT2D eigenvalue weighted by molar-refractivity contribution is -0.122. The lowest BCUT2D eigenvalue weighted by Crippen LogP contribution is -2.49. The zero-order valence-electron chi connectivity index (χ0n) is 18.5. The Morgan fingerprint density at radius 1 is 1.27 bits per heavy atom. The third-order valence-corrected chi connectivity index (χ3v) is 10.6. The highest BCUT2D eigenvalue weighted by atomic mass is 32.2. The maximum Gasteiger partial charge on any atom is 0.253 e. The van der Waals surface area contributed by atoms with E-state index in [2.05, 4.69) is 19.1 Å². The molecule has 0 N–H and O–H groups in total. The van der Waals surface area contributed by atoms with Crippen LogP contribution < -0.4 is 4.90 Å². The Morgan fingerprint density at radius 2 is 2.15 bits per heavy atom. The second-order valence-corrected chi connectivity index (χ2v) is 12.5. The summed E-state index contributed by atoms with van der Waals surface area (Å²) in [5, 5.41) is 2.36. The highest BCUT2D eigenvalue weighted by Gasteiger charge is 2.43. The molecule has 0 saturated carbocycles. The van der Waals surface area contributed by atoms with Crippen molar-refractivity contribution in [1.29, 1.82) is 0 Å². The molecule has 7 nitrogen and oxygen atoms in total. The minimum Gasteiger partial charge on any atom is -0.376 e. The SMILES string of the molecule is CCc1ccc2nc(N(CC3CCCO3)C(=O)C3CCCN3S(=O)(=O)c3cccs3)sc2c1. The molecular formula is C23H27N3O4S3. The fourth-order valence-electron chi connectivity index (χ4n) is 4.53. The summed E-state index contributed by atoms with van der Waals surface area (Å²) in [6, 6.07) is 8.77. The van der Waals surface area contributed by atoms with Gasteiger partial charge in [0.25, 0.3) is 10.0 Å². The van der Waals surface area contributed by atoms with Crippen LogP contribution in [0.25, 0.3) is 10.2 Å². The molecule has 176 valence electrons. The molecule has 10 heteroatoms. The Balaban J connectivity index is 1.49. The van der Waals surface area contributed by atoms with Crippen LogP contribution in [-0.2, 0) is 26.0 Å². The Hall–Kier alpha value is -1.85. The Bertz CT molecular complexity index is 1230. The van der Waals surface area contributed by atoms with Gasteiger partial charge in [-0.1, -0.05) is 30.4 Å². The molecule has 2 atom stereocenters. The minimum absolute atomic E-state index is 0.0593. The Kier molecular flexibility index (Phi) is 6.54. The number of carbonyl (C=O) groups excluding carboxylic acids is 1. The molecule has 1 aromatic carbocycles. The van der Waals surface area contributed by atoms with E-state index in [1.807, 2.05) is 6.07 Å². The van der Waals surface area contributed by atoms with Gasteiger partial charge in [0.05, 0.1) is 22.9 Å². The molecule has 2 saturated heterocycles. The summed E-state index contributed by atoms with van der Waals surface area (Å²) < 4.78 is 35.0. The molecule has 4 heterocycles. The number of nitrogens with zero attached hydrogens (tertiary/aromatic N) is 3. The summed E-state index contributed by atoms with van der Waals surface area (Å²) in [6.45, 7) is 3.54. The first-order valence-corrected chi connectivity index (χ1v) is 14.5. The van der Waals surface area contributed by atoms with Crippen molar-refractivity contribution in [2.24, 2.45) is 0 Å². The van der Waals surface area contributed by atoms with E-state index < -0.39 is 16.1 Å². The number of aromatic nitrogens is 1. The fourth-order valence-corrected chi connectivity index (χ4v) is 8.34. The normalized spacial score (nSPS) is 21.7. The first-order valence-electron chi connectivity index (χ1n) is 11.3. The summed E-state index contributed by atoms with van der Waals surface area (Å²) in [4.78, 5) is 20.3. The Labute approximate surface area is 202 Å². The van der Waals surface area contributed by atoms with E-state index >= 15 is 0 Å². The topological polar surface area (TPSA) is 79.8 Å². The van der Waals surface area contributed by atoms with Crippen LogP contribution in [0.2, 0.25) is 0 Å². The van der Waals surface area contributed by atoms with Gasteiger partial charge in [0.1, 0.15) is 10.3 Å². The molecule has 33 heavy (non-hydrogen) atoms. The first kappa shape index (κ1) is 22.9. The number of aryl methyl sites for hydroxylation is 1. The monoisotopic (exact) mass is 505 g/mol. The molecular weight excluding hydrogens is 478 g/mol. The van der Waals surface area contributed by atoms with Crippen molar-refractivity contribution in [1.82, 2.24) is 9.29 Å². The van der Waals surface area contributed by atoms with Crippen molar-refractivity contribution in [3.63, 3.8) is 0 Å². The van der Waals surface area contributed by atoms with Crippen molar-refractivity contribution >= 4 is 54.0 Å². The smallest absolute Gasteiger partial charge is 0.253 e. The summed E-state index contributed by atoms with van der Waals surface area (Å²) in [5.74, 6) is -0.210. The lowest BCUT2D eigenvalue weighted by Gasteiger charge is -2.29. The van der Waals surface area contributed by atoms with Crippen molar-refractivity contribution in [2.75, 3.05) is 24.6 Å². The maximum absolute atomic E-state index is 13.9. The molecule has 2 aliphatic heterocycles. The van der Waals surface area contributed by atoms with Crippen molar-refractivity contribution < 1.29 is 17.9 Å². The third-order valence-electron chi connectivity index (χ3n) is 6.30. The standard InChI is InChI=1S/C23H27N3O4S3/c1-2-16-9-10-18-20(14-16)32-23(24-18)25(15-17-6-4-12-30-17)22(27)19-7-3-11-26(19)33(28,29)21-8-5-13-31-21/h5,8-10,13-14,17,19H,2-4,6-7,11-12,15H2,1H3. The van der Waals surface area contributed by atoms with Gasteiger partial charge in [-0.2, -0.15) is 4.31 Å². The summed E-state index contributed by atoms with van der Waals surface area (Å²) >= 11 is 2.67. The van der Waals surface area contributed by atoms with Gasteiger partial charge in [-0.3, -0.25) is 9.69 Å². The average Bonchev–Trinajstić information content (AvgIpc) is 3.63. The van der Waals surface area contributed by atoms with Crippen LogP contribution in [0.1, 0.15) is 38.2 Å². The van der Waals surface area contributed by atoms with Gasteiger partial charge in [-0.25, -0.2) is 13.4 Å². The number of sulfonamides is 1.